The van der Waals surface area contributed by atoms with E-state index >= 15 is 0 Å². The molecule has 0 aliphatic carbocycles. The van der Waals surface area contributed by atoms with Crippen LogP contribution in [0.2, 0.25) is 0 Å². The van der Waals surface area contributed by atoms with Crippen LogP contribution in [0.4, 0.5) is 5.69 Å². The van der Waals surface area contributed by atoms with E-state index in [9.17, 15) is 4.79 Å². The van der Waals surface area contributed by atoms with Gasteiger partial charge in [-0.3, -0.25) is 0 Å². The zero-order valence-electron chi connectivity index (χ0n) is 7.60. The molecular weight excluding hydrogens is 230 g/mol. The smallest absolute Gasteiger partial charge is 0.211 e. The van der Waals surface area contributed by atoms with Crippen molar-refractivity contribution in [3.05, 3.63) is 28.8 Å². The highest BCUT2D eigenvalue weighted by Crippen LogP contribution is 2.25. The van der Waals surface area contributed by atoms with Gasteiger partial charge in [0.25, 0.3) is 0 Å². The highest BCUT2D eigenvalue weighted by molar-refractivity contribution is 9.08. The third-order valence-corrected chi connectivity index (χ3v) is 2.51. The van der Waals surface area contributed by atoms with Gasteiger partial charge in [-0.15, -0.1) is 0 Å². The summed E-state index contributed by atoms with van der Waals surface area (Å²) in [4.78, 5) is 13.8. The van der Waals surface area contributed by atoms with Gasteiger partial charge in [0, 0.05) is 5.33 Å². The van der Waals surface area contributed by atoms with E-state index in [0.29, 0.717) is 0 Å². The number of aryl methyl sites for hydroxylation is 2. The Kier molecular flexibility index (Phi) is 3.40. The van der Waals surface area contributed by atoms with Gasteiger partial charge in [-0.05, 0) is 30.5 Å². The Labute approximate surface area is 85.8 Å². The van der Waals surface area contributed by atoms with Crippen LogP contribution in [-0.4, -0.2) is 6.08 Å². The molecule has 0 N–H and O–H groups in total. The van der Waals surface area contributed by atoms with Crippen molar-refractivity contribution in [1.82, 2.24) is 0 Å². The number of halogens is 1. The van der Waals surface area contributed by atoms with Crippen molar-refractivity contribution in [3.63, 3.8) is 0 Å². The number of aliphatic imine (C=N–C) groups is 1. The van der Waals surface area contributed by atoms with Gasteiger partial charge in [-0.1, -0.05) is 28.1 Å². The zero-order chi connectivity index (χ0) is 9.84. The molecule has 0 atom stereocenters. The molecule has 0 aromatic heterocycles. The minimum atomic E-state index is 0.736. The van der Waals surface area contributed by atoms with Gasteiger partial charge in [-0.2, -0.15) is 4.99 Å². The molecule has 1 aromatic carbocycles. The Balaban J connectivity index is 3.30. The minimum absolute atomic E-state index is 0.736. The number of nitrogens with zero attached hydrogens (tertiary/aromatic N) is 1. The van der Waals surface area contributed by atoms with E-state index in [0.717, 1.165) is 22.1 Å². The van der Waals surface area contributed by atoms with Crippen LogP contribution in [0, 0.1) is 13.8 Å². The first-order valence-electron chi connectivity index (χ1n) is 3.93. The maximum absolute atomic E-state index is 10.1. The molecule has 1 aromatic rings. The molecule has 0 heterocycles. The molecular formula is C10H10BrNO. The lowest BCUT2D eigenvalue weighted by atomic mass is 10.1. The summed E-state index contributed by atoms with van der Waals surface area (Å²) >= 11 is 3.38. The van der Waals surface area contributed by atoms with Crippen LogP contribution in [0.5, 0.6) is 0 Å². The second-order valence-corrected chi connectivity index (χ2v) is 3.48. The number of alkyl halides is 1. The normalized spacial score (nSPS) is 9.46. The lowest BCUT2D eigenvalue weighted by molar-refractivity contribution is 0.565. The van der Waals surface area contributed by atoms with Gasteiger partial charge in [0.15, 0.2) is 0 Å². The molecule has 68 valence electrons. The summed E-state index contributed by atoms with van der Waals surface area (Å²) in [7, 11) is 0. The average molecular weight is 240 g/mol. The standard InChI is InChI=1S/C10H10BrNO/c1-7-3-9(5-11)4-8(2)10(7)12-6-13/h3-4H,5H2,1-2H3. The van der Waals surface area contributed by atoms with Crippen LogP contribution in [0.1, 0.15) is 16.7 Å². The molecule has 0 radical (unpaired) electrons. The molecule has 0 spiro atoms. The van der Waals surface area contributed by atoms with Gasteiger partial charge in [-0.25, -0.2) is 4.79 Å². The summed E-state index contributed by atoms with van der Waals surface area (Å²) in [5.41, 5.74) is 3.95. The molecule has 0 saturated carbocycles. The molecule has 0 saturated heterocycles. The molecule has 0 amide bonds. The first kappa shape index (κ1) is 10.2. The second-order valence-electron chi connectivity index (χ2n) is 2.91. The highest BCUT2D eigenvalue weighted by Gasteiger charge is 2.02. The van der Waals surface area contributed by atoms with Gasteiger partial charge in [0.1, 0.15) is 0 Å². The van der Waals surface area contributed by atoms with E-state index in [1.54, 1.807) is 6.08 Å². The van der Waals surface area contributed by atoms with Crippen LogP contribution >= 0.6 is 15.9 Å². The fourth-order valence-corrected chi connectivity index (χ4v) is 1.67. The maximum Gasteiger partial charge on any atom is 0.240 e. The fraction of sp³-hybridized carbons (Fsp3) is 0.300. The van der Waals surface area contributed by atoms with Crippen molar-refractivity contribution in [3.8, 4) is 0 Å². The third-order valence-electron chi connectivity index (χ3n) is 1.86. The van der Waals surface area contributed by atoms with E-state index < -0.39 is 0 Å². The van der Waals surface area contributed by atoms with Crippen molar-refractivity contribution in [2.75, 3.05) is 0 Å². The Morgan fingerprint density at radius 1 is 1.38 bits per heavy atom. The van der Waals surface area contributed by atoms with Crippen LogP contribution in [0.3, 0.4) is 0 Å². The number of isocyanates is 1. The van der Waals surface area contributed by atoms with E-state index in [4.69, 9.17) is 0 Å². The molecule has 2 nitrogen and oxygen atoms in total. The van der Waals surface area contributed by atoms with E-state index in [2.05, 4.69) is 20.9 Å². The summed E-state index contributed by atoms with van der Waals surface area (Å²) in [6, 6.07) is 4.02. The topological polar surface area (TPSA) is 29.4 Å². The van der Waals surface area contributed by atoms with Gasteiger partial charge in [0.2, 0.25) is 6.08 Å². The van der Waals surface area contributed by atoms with Crippen molar-refractivity contribution < 1.29 is 4.79 Å². The second kappa shape index (κ2) is 4.35. The van der Waals surface area contributed by atoms with E-state index in [1.165, 1.54) is 5.56 Å². The van der Waals surface area contributed by atoms with Gasteiger partial charge in [0.05, 0.1) is 5.69 Å². The number of rotatable bonds is 2. The first-order valence-corrected chi connectivity index (χ1v) is 5.05. The van der Waals surface area contributed by atoms with Gasteiger partial charge >= 0.3 is 0 Å². The maximum atomic E-state index is 10.1. The average Bonchev–Trinajstić information content (AvgIpc) is 2.11. The zero-order valence-corrected chi connectivity index (χ0v) is 9.18. The molecule has 0 fully saturated rings. The van der Waals surface area contributed by atoms with Crippen LogP contribution in [0.25, 0.3) is 0 Å². The van der Waals surface area contributed by atoms with Crippen molar-refractivity contribution in [1.29, 1.82) is 0 Å². The summed E-state index contributed by atoms with van der Waals surface area (Å²) in [5, 5.41) is 0.819. The predicted octanol–water partition coefficient (Wildman–Crippen LogP) is 3.17. The number of carbonyl (C=O) groups excluding carboxylic acids is 1. The Morgan fingerprint density at radius 2 is 1.92 bits per heavy atom. The highest BCUT2D eigenvalue weighted by atomic mass is 79.9. The summed E-state index contributed by atoms with van der Waals surface area (Å²) in [6.45, 7) is 3.88. The number of hydrogen-bond acceptors (Lipinski definition) is 2. The summed E-state index contributed by atoms with van der Waals surface area (Å²) in [5.74, 6) is 0. The van der Waals surface area contributed by atoms with Crippen LogP contribution < -0.4 is 0 Å². The molecule has 0 aliphatic rings. The van der Waals surface area contributed by atoms with Crippen molar-refractivity contribution in [2.45, 2.75) is 19.2 Å². The minimum Gasteiger partial charge on any atom is -0.211 e. The quantitative estimate of drug-likeness (QED) is 0.443. The Hall–Kier alpha value is -0.920. The van der Waals surface area contributed by atoms with Gasteiger partial charge < -0.3 is 0 Å². The van der Waals surface area contributed by atoms with E-state index in [1.807, 2.05) is 26.0 Å². The van der Waals surface area contributed by atoms with Crippen molar-refractivity contribution in [2.24, 2.45) is 4.99 Å². The lowest BCUT2D eigenvalue weighted by Gasteiger charge is -2.05. The molecule has 1 rings (SSSR count). The summed E-state index contributed by atoms with van der Waals surface area (Å²) < 4.78 is 0. The summed E-state index contributed by atoms with van der Waals surface area (Å²) in [6.07, 6.45) is 1.57. The number of hydrogen-bond donors (Lipinski definition) is 0. The third kappa shape index (κ3) is 2.27. The first-order chi connectivity index (χ1) is 6.19. The lowest BCUT2D eigenvalue weighted by Crippen LogP contribution is -1.85. The Bertz CT molecular complexity index is 344. The van der Waals surface area contributed by atoms with E-state index in [-0.39, 0.29) is 0 Å². The molecule has 0 bridgehead atoms. The van der Waals surface area contributed by atoms with Crippen molar-refractivity contribution >= 4 is 27.7 Å². The monoisotopic (exact) mass is 239 g/mol. The molecule has 0 unspecified atom stereocenters. The van der Waals surface area contributed by atoms with Crippen LogP contribution in [0.15, 0.2) is 17.1 Å². The van der Waals surface area contributed by atoms with Crippen LogP contribution in [-0.2, 0) is 10.1 Å². The SMILES string of the molecule is Cc1cc(CBr)cc(C)c1N=C=O. The largest absolute Gasteiger partial charge is 0.240 e. The molecule has 3 heteroatoms. The molecule has 0 aliphatic heterocycles. The molecule has 13 heavy (non-hydrogen) atoms. The predicted molar refractivity (Wildman–Crippen MR) is 56.3 cm³/mol. The Morgan fingerprint density at radius 3 is 2.31 bits per heavy atom. The fourth-order valence-electron chi connectivity index (χ4n) is 1.34. The number of benzene rings is 1.